The van der Waals surface area contributed by atoms with Gasteiger partial charge in [-0.3, -0.25) is 0 Å². The van der Waals surface area contributed by atoms with Crippen molar-refractivity contribution in [2.75, 3.05) is 7.05 Å². The maximum Gasteiger partial charge on any atom is 0.317 e. The topological polar surface area (TPSA) is 52.6 Å². The molecular weight excluding hydrogens is 216 g/mol. The van der Waals surface area contributed by atoms with Crippen molar-refractivity contribution < 1.29 is 9.90 Å². The number of nitrogens with one attached hydrogen (secondary N) is 1. The van der Waals surface area contributed by atoms with Crippen LogP contribution < -0.4 is 5.32 Å². The number of carbonyl (C=O) groups is 1. The number of urea groups is 1. The Hall–Kier alpha value is -0.770. The third kappa shape index (κ3) is 3.35. The quantitative estimate of drug-likeness (QED) is 0.789. The first-order valence-electron chi connectivity index (χ1n) is 6.79. The van der Waals surface area contributed by atoms with Gasteiger partial charge < -0.3 is 15.3 Å². The fraction of sp³-hybridized carbons (Fsp3) is 0.923. The molecule has 2 N–H and O–H groups in total. The van der Waals surface area contributed by atoms with Gasteiger partial charge in [0.2, 0.25) is 0 Å². The van der Waals surface area contributed by atoms with Crippen molar-refractivity contribution in [1.82, 2.24) is 10.2 Å². The minimum absolute atomic E-state index is 0.0470. The van der Waals surface area contributed by atoms with E-state index in [2.05, 4.69) is 12.2 Å². The highest BCUT2D eigenvalue weighted by Crippen LogP contribution is 2.34. The SMILES string of the molecule is CC(C1CC1)N(C)C(=O)NC1CCC(O)CC1. The summed E-state index contributed by atoms with van der Waals surface area (Å²) in [4.78, 5) is 13.9. The molecular formula is C13H24N2O2. The number of carbonyl (C=O) groups excluding carboxylic acids is 1. The van der Waals surface area contributed by atoms with Gasteiger partial charge in [0.15, 0.2) is 0 Å². The number of nitrogens with zero attached hydrogens (tertiary/aromatic N) is 1. The van der Waals surface area contributed by atoms with Crippen molar-refractivity contribution in [2.24, 2.45) is 5.92 Å². The van der Waals surface area contributed by atoms with Crippen LogP contribution in [0.25, 0.3) is 0 Å². The van der Waals surface area contributed by atoms with Crippen LogP contribution >= 0.6 is 0 Å². The van der Waals surface area contributed by atoms with E-state index in [1.807, 2.05) is 11.9 Å². The molecule has 0 saturated heterocycles. The summed E-state index contributed by atoms with van der Waals surface area (Å²) in [6.45, 7) is 2.13. The summed E-state index contributed by atoms with van der Waals surface area (Å²) in [5.74, 6) is 0.707. The van der Waals surface area contributed by atoms with Crippen molar-refractivity contribution >= 4 is 6.03 Å². The van der Waals surface area contributed by atoms with Gasteiger partial charge in [-0.05, 0) is 51.4 Å². The van der Waals surface area contributed by atoms with E-state index in [0.717, 1.165) is 25.7 Å². The van der Waals surface area contributed by atoms with Crippen LogP contribution in [-0.4, -0.2) is 41.3 Å². The summed E-state index contributed by atoms with van der Waals surface area (Å²) in [7, 11) is 1.88. The predicted molar refractivity (Wildman–Crippen MR) is 66.7 cm³/mol. The Morgan fingerprint density at radius 1 is 1.24 bits per heavy atom. The third-order valence-corrected chi connectivity index (χ3v) is 4.26. The molecule has 0 spiro atoms. The van der Waals surface area contributed by atoms with Crippen LogP contribution in [0.4, 0.5) is 4.79 Å². The maximum atomic E-state index is 12.0. The van der Waals surface area contributed by atoms with Crippen LogP contribution in [0.5, 0.6) is 0 Å². The number of aliphatic hydroxyl groups is 1. The van der Waals surface area contributed by atoms with Gasteiger partial charge in [-0.15, -0.1) is 0 Å². The van der Waals surface area contributed by atoms with Gasteiger partial charge in [-0.1, -0.05) is 0 Å². The zero-order valence-electron chi connectivity index (χ0n) is 10.9. The van der Waals surface area contributed by atoms with Crippen LogP contribution in [0.3, 0.4) is 0 Å². The molecule has 0 radical (unpaired) electrons. The van der Waals surface area contributed by atoms with Crippen LogP contribution in [0.1, 0.15) is 45.4 Å². The second-order valence-electron chi connectivity index (χ2n) is 5.64. The van der Waals surface area contributed by atoms with Gasteiger partial charge in [-0.2, -0.15) is 0 Å². The molecule has 2 rings (SSSR count). The van der Waals surface area contributed by atoms with E-state index >= 15 is 0 Å². The Balaban J connectivity index is 1.75. The van der Waals surface area contributed by atoms with E-state index in [1.54, 1.807) is 0 Å². The minimum atomic E-state index is -0.161. The van der Waals surface area contributed by atoms with Crippen molar-refractivity contribution in [3.8, 4) is 0 Å². The highest BCUT2D eigenvalue weighted by Gasteiger charge is 2.33. The van der Waals surface area contributed by atoms with Crippen LogP contribution in [0.2, 0.25) is 0 Å². The van der Waals surface area contributed by atoms with Gasteiger partial charge in [0.25, 0.3) is 0 Å². The maximum absolute atomic E-state index is 12.0. The average Bonchev–Trinajstić information content (AvgIpc) is 3.14. The van der Waals surface area contributed by atoms with Gasteiger partial charge in [-0.25, -0.2) is 4.79 Å². The number of hydrogen-bond donors (Lipinski definition) is 2. The van der Waals surface area contributed by atoms with Gasteiger partial charge in [0, 0.05) is 19.1 Å². The minimum Gasteiger partial charge on any atom is -0.393 e. The lowest BCUT2D eigenvalue weighted by atomic mass is 9.93. The Morgan fingerprint density at radius 2 is 1.82 bits per heavy atom. The molecule has 0 aromatic heterocycles. The highest BCUT2D eigenvalue weighted by atomic mass is 16.3. The van der Waals surface area contributed by atoms with Crippen molar-refractivity contribution in [2.45, 2.75) is 63.6 Å². The first-order chi connectivity index (χ1) is 8.08. The lowest BCUT2D eigenvalue weighted by Gasteiger charge is -2.30. The summed E-state index contributed by atoms with van der Waals surface area (Å²) >= 11 is 0. The number of aliphatic hydroxyl groups excluding tert-OH is 1. The first kappa shape index (κ1) is 12.7. The van der Waals surface area contributed by atoms with E-state index in [0.29, 0.717) is 12.0 Å². The molecule has 2 amide bonds. The standard InChI is InChI=1S/C13H24N2O2/c1-9(10-3-4-10)15(2)13(17)14-11-5-7-12(16)8-6-11/h9-12,16H,3-8H2,1-2H3,(H,14,17). The van der Waals surface area contributed by atoms with Gasteiger partial charge in [0.05, 0.1) is 6.10 Å². The van der Waals surface area contributed by atoms with Crippen molar-refractivity contribution in [1.29, 1.82) is 0 Å². The first-order valence-corrected chi connectivity index (χ1v) is 6.79. The summed E-state index contributed by atoms with van der Waals surface area (Å²) in [6, 6.07) is 0.648. The molecule has 0 heterocycles. The molecule has 2 saturated carbocycles. The Bertz CT molecular complexity index is 271. The number of amides is 2. The molecule has 17 heavy (non-hydrogen) atoms. The van der Waals surface area contributed by atoms with Crippen molar-refractivity contribution in [3.05, 3.63) is 0 Å². The lowest BCUT2D eigenvalue weighted by molar-refractivity contribution is 0.114. The molecule has 2 fully saturated rings. The average molecular weight is 240 g/mol. The Labute approximate surface area is 103 Å². The second kappa shape index (κ2) is 5.25. The van der Waals surface area contributed by atoms with E-state index in [-0.39, 0.29) is 18.2 Å². The molecule has 98 valence electrons. The molecule has 4 heteroatoms. The van der Waals surface area contributed by atoms with E-state index in [9.17, 15) is 9.90 Å². The summed E-state index contributed by atoms with van der Waals surface area (Å²) < 4.78 is 0. The molecule has 1 atom stereocenters. The molecule has 0 bridgehead atoms. The molecule has 0 aromatic rings. The smallest absolute Gasteiger partial charge is 0.317 e. The molecule has 0 aliphatic heterocycles. The van der Waals surface area contributed by atoms with Crippen LogP contribution in [-0.2, 0) is 0 Å². The fourth-order valence-corrected chi connectivity index (χ4v) is 2.58. The predicted octanol–water partition coefficient (Wildman–Crippen LogP) is 1.73. The third-order valence-electron chi connectivity index (χ3n) is 4.26. The largest absolute Gasteiger partial charge is 0.393 e. The molecule has 4 nitrogen and oxygen atoms in total. The molecule has 2 aliphatic rings. The molecule has 1 unspecified atom stereocenters. The zero-order chi connectivity index (χ0) is 12.4. The normalized spacial score (nSPS) is 30.8. The van der Waals surface area contributed by atoms with Gasteiger partial charge in [0.1, 0.15) is 0 Å². The highest BCUT2D eigenvalue weighted by molar-refractivity contribution is 5.74. The van der Waals surface area contributed by atoms with Crippen LogP contribution in [0.15, 0.2) is 0 Å². The lowest BCUT2D eigenvalue weighted by Crippen LogP contribution is -2.48. The molecule has 2 aliphatic carbocycles. The van der Waals surface area contributed by atoms with Crippen LogP contribution in [0, 0.1) is 5.92 Å². The summed E-state index contributed by atoms with van der Waals surface area (Å²) in [6.07, 6.45) is 5.78. The summed E-state index contributed by atoms with van der Waals surface area (Å²) in [5, 5.41) is 12.5. The van der Waals surface area contributed by atoms with Gasteiger partial charge >= 0.3 is 6.03 Å². The second-order valence-corrected chi connectivity index (χ2v) is 5.64. The van der Waals surface area contributed by atoms with E-state index in [4.69, 9.17) is 0 Å². The van der Waals surface area contributed by atoms with E-state index in [1.165, 1.54) is 12.8 Å². The molecule has 0 aromatic carbocycles. The zero-order valence-corrected chi connectivity index (χ0v) is 10.9. The Morgan fingerprint density at radius 3 is 2.35 bits per heavy atom. The fourth-order valence-electron chi connectivity index (χ4n) is 2.58. The monoisotopic (exact) mass is 240 g/mol. The summed E-state index contributed by atoms with van der Waals surface area (Å²) in [5.41, 5.74) is 0. The van der Waals surface area contributed by atoms with Crippen molar-refractivity contribution in [3.63, 3.8) is 0 Å². The number of hydrogen-bond acceptors (Lipinski definition) is 2. The Kier molecular flexibility index (Phi) is 3.92. The number of rotatable bonds is 3. The van der Waals surface area contributed by atoms with E-state index < -0.39 is 0 Å².